The van der Waals surface area contributed by atoms with E-state index in [1.54, 1.807) is 19.4 Å². The molecule has 21 heavy (non-hydrogen) atoms. The van der Waals surface area contributed by atoms with Crippen LogP contribution in [0.4, 0.5) is 0 Å². The maximum atomic E-state index is 9.40. The number of methoxy groups -OCH3 is 1. The van der Waals surface area contributed by atoms with Crippen molar-refractivity contribution in [3.8, 4) is 17.3 Å². The number of rotatable bonds is 2. The smallest absolute Gasteiger partial charge is 0.138 e. The molecule has 0 spiro atoms. The fraction of sp³-hybridized carbons (Fsp3) is 0.200. The Balaban J connectivity index is 2.30. The van der Waals surface area contributed by atoms with Crippen molar-refractivity contribution in [3.63, 3.8) is 0 Å². The number of nitrogens with zero attached hydrogens (tertiary/aromatic N) is 3. The summed E-state index contributed by atoms with van der Waals surface area (Å²) in [4.78, 5) is 4.08. The van der Waals surface area contributed by atoms with Gasteiger partial charge in [-0.2, -0.15) is 5.26 Å². The summed E-state index contributed by atoms with van der Waals surface area (Å²) in [6, 6.07) is 5.80. The highest BCUT2D eigenvalue weighted by Crippen LogP contribution is 2.40. The number of hydrogen-bond donors (Lipinski definition) is 0. The number of fused-ring (bicyclic) bond motifs is 1. The van der Waals surface area contributed by atoms with Gasteiger partial charge >= 0.3 is 0 Å². The minimum Gasteiger partial charge on any atom is -0.501 e. The van der Waals surface area contributed by atoms with Gasteiger partial charge in [-0.25, -0.2) is 4.98 Å². The van der Waals surface area contributed by atoms with E-state index in [0.717, 1.165) is 29.1 Å². The Hall–Kier alpha value is -1.96. The summed E-state index contributed by atoms with van der Waals surface area (Å²) in [5, 5.41) is 10.2. The largest absolute Gasteiger partial charge is 0.501 e. The Labute approximate surface area is 132 Å². The highest BCUT2D eigenvalue weighted by Gasteiger charge is 2.26. The molecule has 0 saturated carbocycles. The molecule has 0 N–H and O–H groups in total. The van der Waals surface area contributed by atoms with E-state index in [1.165, 1.54) is 0 Å². The topological polar surface area (TPSA) is 50.8 Å². The van der Waals surface area contributed by atoms with Crippen LogP contribution in [0.2, 0.25) is 10.2 Å². The van der Waals surface area contributed by atoms with E-state index in [0.29, 0.717) is 22.3 Å². The lowest BCUT2D eigenvalue weighted by molar-refractivity contribution is 0.273. The van der Waals surface area contributed by atoms with Crippen molar-refractivity contribution in [1.82, 2.24) is 9.55 Å². The van der Waals surface area contributed by atoms with Gasteiger partial charge in [-0.3, -0.25) is 0 Å². The van der Waals surface area contributed by atoms with Crippen LogP contribution in [0, 0.1) is 11.3 Å². The second kappa shape index (κ2) is 5.44. The van der Waals surface area contributed by atoms with E-state index in [2.05, 4.69) is 11.1 Å². The fourth-order valence-electron chi connectivity index (χ4n) is 2.53. The minimum atomic E-state index is 0.366. The maximum Gasteiger partial charge on any atom is 0.138 e. The van der Waals surface area contributed by atoms with Crippen LogP contribution in [-0.2, 0) is 11.3 Å². The third kappa shape index (κ3) is 2.19. The van der Waals surface area contributed by atoms with Crippen LogP contribution in [0.1, 0.15) is 17.7 Å². The second-order valence-corrected chi connectivity index (χ2v) is 5.33. The molecule has 0 fully saturated rings. The van der Waals surface area contributed by atoms with Crippen molar-refractivity contribution >= 4 is 29.3 Å². The summed E-state index contributed by atoms with van der Waals surface area (Å²) in [7, 11) is 1.62. The van der Waals surface area contributed by atoms with Crippen LogP contribution < -0.4 is 0 Å². The molecular weight excluding hydrogens is 309 g/mol. The van der Waals surface area contributed by atoms with Crippen LogP contribution in [0.15, 0.2) is 24.1 Å². The van der Waals surface area contributed by atoms with Crippen molar-refractivity contribution in [2.75, 3.05) is 7.11 Å². The van der Waals surface area contributed by atoms with E-state index in [9.17, 15) is 5.26 Å². The highest BCUT2D eigenvalue weighted by atomic mass is 35.5. The van der Waals surface area contributed by atoms with E-state index in [1.807, 2.05) is 16.7 Å². The van der Waals surface area contributed by atoms with E-state index in [-0.39, 0.29) is 0 Å². The van der Waals surface area contributed by atoms with Gasteiger partial charge in [0, 0.05) is 30.8 Å². The standard InChI is InChI=1S/C15H11Cl2N3O/c1-21-9-4-6-20-12(7-9)11(8-18)13(16)14(20)10-3-2-5-19-15(10)17/h2-3,5,7H,4,6H2,1H3. The van der Waals surface area contributed by atoms with Crippen LogP contribution in [0.5, 0.6) is 0 Å². The van der Waals surface area contributed by atoms with E-state index < -0.39 is 0 Å². The average molecular weight is 320 g/mol. The van der Waals surface area contributed by atoms with E-state index >= 15 is 0 Å². The zero-order chi connectivity index (χ0) is 15.0. The van der Waals surface area contributed by atoms with Crippen LogP contribution in [0.3, 0.4) is 0 Å². The molecule has 2 aromatic heterocycles. The van der Waals surface area contributed by atoms with Gasteiger partial charge in [0.25, 0.3) is 0 Å². The SMILES string of the molecule is COC1=Cc2c(C#N)c(Cl)c(-c3cccnc3Cl)n2CC1. The molecule has 4 nitrogen and oxygen atoms in total. The number of pyridine rings is 1. The molecular formula is C15H11Cl2N3O. The molecule has 0 atom stereocenters. The lowest BCUT2D eigenvalue weighted by atomic mass is 10.1. The van der Waals surface area contributed by atoms with Gasteiger partial charge in [-0.15, -0.1) is 0 Å². The summed E-state index contributed by atoms with van der Waals surface area (Å²) in [6.07, 6.45) is 4.21. The van der Waals surface area contributed by atoms with Gasteiger partial charge in [0.2, 0.25) is 0 Å². The molecule has 3 rings (SSSR count). The van der Waals surface area contributed by atoms with E-state index in [4.69, 9.17) is 27.9 Å². The third-order valence-corrected chi connectivity index (χ3v) is 4.18. The summed E-state index contributed by atoms with van der Waals surface area (Å²) in [5.74, 6) is 0.831. The van der Waals surface area contributed by atoms with Gasteiger partial charge in [0.1, 0.15) is 11.2 Å². The molecule has 0 aliphatic carbocycles. The average Bonchev–Trinajstić information content (AvgIpc) is 2.78. The molecule has 0 bridgehead atoms. The Kier molecular flexibility index (Phi) is 3.62. The Morgan fingerprint density at radius 3 is 2.90 bits per heavy atom. The lowest BCUT2D eigenvalue weighted by Crippen LogP contribution is -2.09. The third-order valence-electron chi connectivity index (χ3n) is 3.51. The molecule has 3 heterocycles. The van der Waals surface area contributed by atoms with Crippen LogP contribution in [0.25, 0.3) is 17.3 Å². The van der Waals surface area contributed by atoms with Crippen molar-refractivity contribution in [3.05, 3.63) is 45.5 Å². The van der Waals surface area contributed by atoms with Gasteiger partial charge in [0.05, 0.1) is 34.8 Å². The molecule has 2 aromatic rings. The zero-order valence-electron chi connectivity index (χ0n) is 11.2. The van der Waals surface area contributed by atoms with Gasteiger partial charge in [-0.05, 0) is 12.1 Å². The number of hydrogen-bond acceptors (Lipinski definition) is 3. The summed E-state index contributed by atoms with van der Waals surface area (Å²) in [6.45, 7) is 0.678. The predicted octanol–water partition coefficient (Wildman–Crippen LogP) is 4.12. The van der Waals surface area contributed by atoms with Crippen LogP contribution >= 0.6 is 23.2 Å². The molecule has 106 valence electrons. The summed E-state index contributed by atoms with van der Waals surface area (Å²) < 4.78 is 7.28. The maximum absolute atomic E-state index is 9.40. The summed E-state index contributed by atoms with van der Waals surface area (Å²) in [5.41, 5.74) is 2.63. The molecule has 1 aliphatic rings. The highest BCUT2D eigenvalue weighted by molar-refractivity contribution is 6.36. The normalized spacial score (nSPS) is 13.3. The Morgan fingerprint density at radius 1 is 1.43 bits per heavy atom. The monoisotopic (exact) mass is 319 g/mol. The lowest BCUT2D eigenvalue weighted by Gasteiger charge is -2.18. The first-order valence-corrected chi connectivity index (χ1v) is 7.10. The van der Waals surface area contributed by atoms with Crippen molar-refractivity contribution < 1.29 is 4.74 Å². The number of allylic oxidation sites excluding steroid dienone is 1. The predicted molar refractivity (Wildman–Crippen MR) is 82.0 cm³/mol. The molecule has 0 amide bonds. The minimum absolute atomic E-state index is 0.366. The first-order chi connectivity index (χ1) is 10.2. The number of nitriles is 1. The number of ether oxygens (including phenoxy) is 1. The molecule has 1 aliphatic heterocycles. The zero-order valence-corrected chi connectivity index (χ0v) is 12.7. The van der Waals surface area contributed by atoms with Crippen molar-refractivity contribution in [2.24, 2.45) is 0 Å². The van der Waals surface area contributed by atoms with Gasteiger partial charge < -0.3 is 9.30 Å². The molecule has 6 heteroatoms. The second-order valence-electron chi connectivity index (χ2n) is 4.59. The number of halogens is 2. The van der Waals surface area contributed by atoms with Crippen molar-refractivity contribution in [2.45, 2.75) is 13.0 Å². The van der Waals surface area contributed by atoms with Gasteiger partial charge in [0.15, 0.2) is 0 Å². The molecule has 0 radical (unpaired) electrons. The molecule has 0 unspecified atom stereocenters. The number of aromatic nitrogens is 2. The quantitative estimate of drug-likeness (QED) is 0.782. The Morgan fingerprint density at radius 2 is 2.24 bits per heavy atom. The Bertz CT molecular complexity index is 787. The summed E-state index contributed by atoms with van der Waals surface area (Å²) >= 11 is 12.6. The first kappa shape index (κ1) is 14.0. The first-order valence-electron chi connectivity index (χ1n) is 6.35. The molecule has 0 aromatic carbocycles. The van der Waals surface area contributed by atoms with Crippen LogP contribution in [-0.4, -0.2) is 16.7 Å². The van der Waals surface area contributed by atoms with Crippen molar-refractivity contribution in [1.29, 1.82) is 5.26 Å². The van der Waals surface area contributed by atoms with Gasteiger partial charge in [-0.1, -0.05) is 23.2 Å². The fourth-order valence-corrected chi connectivity index (χ4v) is 3.08. The molecule has 0 saturated heterocycles.